The number of halogens is 2. The Morgan fingerprint density at radius 2 is 1.86 bits per heavy atom. The quantitative estimate of drug-likeness (QED) is 0.344. The van der Waals surface area contributed by atoms with Gasteiger partial charge in [0.15, 0.2) is 0 Å². The molecule has 0 bridgehead atoms. The Labute approximate surface area is 188 Å². The van der Waals surface area contributed by atoms with E-state index in [1.54, 1.807) is 13.0 Å². The Bertz CT molecular complexity index is 979. The van der Waals surface area contributed by atoms with Crippen molar-refractivity contribution in [3.63, 3.8) is 0 Å². The Morgan fingerprint density at radius 1 is 1.14 bits per heavy atom. The number of ether oxygens (including phenoxy) is 1. The second-order valence-corrected chi connectivity index (χ2v) is 10.2. The summed E-state index contributed by atoms with van der Waals surface area (Å²) in [5, 5.41) is 3.38. The summed E-state index contributed by atoms with van der Waals surface area (Å²) >= 11 is 9.51. The van der Waals surface area contributed by atoms with Crippen molar-refractivity contribution in [1.82, 2.24) is 0 Å². The topological polar surface area (TPSA) is 55.4 Å². The van der Waals surface area contributed by atoms with Gasteiger partial charge < -0.3 is 10.1 Å². The van der Waals surface area contributed by atoms with Crippen LogP contribution in [-0.4, -0.2) is 18.5 Å². The molecule has 0 saturated carbocycles. The number of thiophene rings is 2. The van der Waals surface area contributed by atoms with E-state index in [1.165, 1.54) is 22.7 Å². The van der Waals surface area contributed by atoms with E-state index in [-0.39, 0.29) is 18.4 Å². The number of anilines is 1. The molecule has 1 N–H and O–H groups in total. The van der Waals surface area contributed by atoms with E-state index in [0.29, 0.717) is 15.4 Å². The minimum atomic E-state index is -0.436. The van der Waals surface area contributed by atoms with Crippen molar-refractivity contribution >= 4 is 71.4 Å². The standard InChI is InChI=1S/C20H17Br2NO3S2/c1-3-26-20(25)13-9-15(11(2)12-7-5-4-6-8-12)28-19(13)23-18(24)16-10-14(21)17(22)27-16/h4-11H,3H2,1-2H3,(H,23,24)/t11-/m1/s1. The molecule has 0 spiro atoms. The molecule has 8 heteroatoms. The summed E-state index contributed by atoms with van der Waals surface area (Å²) in [6.07, 6.45) is 0. The molecule has 0 aliphatic heterocycles. The summed E-state index contributed by atoms with van der Waals surface area (Å²) in [5.74, 6) is -0.605. The molecule has 1 aromatic carbocycles. The van der Waals surface area contributed by atoms with Crippen molar-refractivity contribution in [2.75, 3.05) is 11.9 Å². The molecule has 28 heavy (non-hydrogen) atoms. The Balaban J connectivity index is 1.93. The number of hydrogen-bond donors (Lipinski definition) is 1. The minimum absolute atomic E-state index is 0.0926. The van der Waals surface area contributed by atoms with Crippen LogP contribution in [0.4, 0.5) is 5.00 Å². The number of nitrogens with one attached hydrogen (secondary N) is 1. The largest absolute Gasteiger partial charge is 0.462 e. The summed E-state index contributed by atoms with van der Waals surface area (Å²) in [6.45, 7) is 4.11. The fourth-order valence-corrected chi connectivity index (χ4v) is 5.66. The van der Waals surface area contributed by atoms with E-state index in [2.05, 4.69) is 44.1 Å². The minimum Gasteiger partial charge on any atom is -0.462 e. The number of hydrogen-bond acceptors (Lipinski definition) is 5. The van der Waals surface area contributed by atoms with Gasteiger partial charge in [-0.05, 0) is 56.5 Å². The van der Waals surface area contributed by atoms with Crippen LogP contribution in [0.25, 0.3) is 0 Å². The van der Waals surface area contributed by atoms with Gasteiger partial charge >= 0.3 is 5.97 Å². The maximum absolute atomic E-state index is 12.7. The van der Waals surface area contributed by atoms with E-state index < -0.39 is 5.97 Å². The lowest BCUT2D eigenvalue weighted by Gasteiger charge is -2.09. The smallest absolute Gasteiger partial charge is 0.341 e. The molecule has 0 fully saturated rings. The monoisotopic (exact) mass is 541 g/mol. The molecule has 3 rings (SSSR count). The zero-order valence-corrected chi connectivity index (χ0v) is 19.9. The van der Waals surface area contributed by atoms with Gasteiger partial charge in [-0.25, -0.2) is 4.79 Å². The predicted molar refractivity (Wildman–Crippen MR) is 122 cm³/mol. The van der Waals surface area contributed by atoms with Crippen LogP contribution >= 0.6 is 54.5 Å². The van der Waals surface area contributed by atoms with Crippen molar-refractivity contribution in [3.05, 3.63) is 71.6 Å². The first-order valence-electron chi connectivity index (χ1n) is 8.52. The van der Waals surface area contributed by atoms with E-state index in [0.717, 1.165) is 18.7 Å². The second kappa shape index (κ2) is 9.35. The van der Waals surface area contributed by atoms with Gasteiger partial charge in [-0.15, -0.1) is 22.7 Å². The molecule has 0 radical (unpaired) electrons. The Morgan fingerprint density at radius 3 is 2.46 bits per heavy atom. The average molecular weight is 543 g/mol. The highest BCUT2D eigenvalue weighted by Crippen LogP contribution is 2.38. The summed E-state index contributed by atoms with van der Waals surface area (Å²) in [5.41, 5.74) is 1.52. The zero-order chi connectivity index (χ0) is 20.3. The highest BCUT2D eigenvalue weighted by atomic mass is 79.9. The number of rotatable bonds is 6. The molecule has 2 heterocycles. The molecular weight excluding hydrogens is 526 g/mol. The second-order valence-electron chi connectivity index (χ2n) is 5.93. The van der Waals surface area contributed by atoms with Crippen LogP contribution in [0.1, 0.15) is 50.2 Å². The summed E-state index contributed by atoms with van der Waals surface area (Å²) in [6, 6.07) is 13.6. The van der Waals surface area contributed by atoms with Gasteiger partial charge in [0.2, 0.25) is 0 Å². The fraction of sp³-hybridized carbons (Fsp3) is 0.200. The molecule has 1 amide bonds. The lowest BCUT2D eigenvalue weighted by atomic mass is 9.99. The first kappa shape index (κ1) is 21.2. The number of carbonyl (C=O) groups is 2. The third-order valence-corrected chi connectivity index (χ3v) is 8.56. The van der Waals surface area contributed by atoms with Gasteiger partial charge in [0.05, 0.1) is 20.8 Å². The van der Waals surface area contributed by atoms with Gasteiger partial charge in [-0.2, -0.15) is 0 Å². The van der Waals surface area contributed by atoms with Gasteiger partial charge in [0.25, 0.3) is 5.91 Å². The highest BCUT2D eigenvalue weighted by Gasteiger charge is 2.23. The molecule has 3 aromatic rings. The molecule has 4 nitrogen and oxygen atoms in total. The molecule has 0 aliphatic rings. The number of amides is 1. The van der Waals surface area contributed by atoms with E-state index in [9.17, 15) is 9.59 Å². The van der Waals surface area contributed by atoms with E-state index in [1.807, 2.05) is 36.4 Å². The van der Waals surface area contributed by atoms with Crippen molar-refractivity contribution < 1.29 is 14.3 Å². The van der Waals surface area contributed by atoms with Gasteiger partial charge in [-0.1, -0.05) is 37.3 Å². The number of benzene rings is 1. The third-order valence-electron chi connectivity index (χ3n) is 4.07. The lowest BCUT2D eigenvalue weighted by Crippen LogP contribution is -2.13. The maximum Gasteiger partial charge on any atom is 0.341 e. The highest BCUT2D eigenvalue weighted by molar-refractivity contribution is 9.13. The van der Waals surface area contributed by atoms with Gasteiger partial charge in [0, 0.05) is 15.3 Å². The molecular formula is C20H17Br2NO3S2. The SMILES string of the molecule is CCOC(=O)c1cc([C@H](C)c2ccccc2)sc1NC(=O)c1cc(Br)c(Br)s1. The first-order valence-corrected chi connectivity index (χ1v) is 11.7. The van der Waals surface area contributed by atoms with Crippen molar-refractivity contribution in [2.24, 2.45) is 0 Å². The summed E-state index contributed by atoms with van der Waals surface area (Å²) in [7, 11) is 0. The maximum atomic E-state index is 12.7. The molecule has 146 valence electrons. The van der Waals surface area contributed by atoms with E-state index >= 15 is 0 Å². The van der Waals surface area contributed by atoms with Crippen LogP contribution in [-0.2, 0) is 4.74 Å². The number of esters is 1. The molecule has 2 aromatic heterocycles. The average Bonchev–Trinajstić information content (AvgIpc) is 3.26. The molecule has 0 saturated heterocycles. The van der Waals surface area contributed by atoms with Crippen LogP contribution in [0.3, 0.4) is 0 Å². The predicted octanol–water partition coefficient (Wildman–Crippen LogP) is 6.92. The third kappa shape index (κ3) is 4.74. The zero-order valence-electron chi connectivity index (χ0n) is 15.1. The lowest BCUT2D eigenvalue weighted by molar-refractivity contribution is 0.0528. The molecule has 0 unspecified atom stereocenters. The molecule has 1 atom stereocenters. The van der Waals surface area contributed by atoms with Gasteiger partial charge in [0.1, 0.15) is 5.00 Å². The number of carbonyl (C=O) groups excluding carboxylic acids is 2. The Kier molecular flexibility index (Phi) is 7.09. The first-order chi connectivity index (χ1) is 13.4. The van der Waals surface area contributed by atoms with Crippen LogP contribution in [0.15, 0.2) is 50.7 Å². The van der Waals surface area contributed by atoms with Crippen LogP contribution < -0.4 is 5.32 Å². The summed E-state index contributed by atoms with van der Waals surface area (Å²) < 4.78 is 6.84. The van der Waals surface area contributed by atoms with Crippen LogP contribution in [0.2, 0.25) is 0 Å². The fourth-order valence-electron chi connectivity index (χ4n) is 2.61. The van der Waals surface area contributed by atoms with Crippen molar-refractivity contribution in [1.29, 1.82) is 0 Å². The van der Waals surface area contributed by atoms with Crippen LogP contribution in [0.5, 0.6) is 0 Å². The van der Waals surface area contributed by atoms with Crippen molar-refractivity contribution in [2.45, 2.75) is 19.8 Å². The Hall–Kier alpha value is -1.48. The van der Waals surface area contributed by atoms with Gasteiger partial charge in [-0.3, -0.25) is 4.79 Å². The van der Waals surface area contributed by atoms with E-state index in [4.69, 9.17) is 4.74 Å². The van der Waals surface area contributed by atoms with Crippen LogP contribution in [0, 0.1) is 0 Å². The van der Waals surface area contributed by atoms with Crippen molar-refractivity contribution in [3.8, 4) is 0 Å². The molecule has 0 aliphatic carbocycles. The normalized spacial score (nSPS) is 11.9. The summed E-state index contributed by atoms with van der Waals surface area (Å²) in [4.78, 5) is 26.6.